The number of carbonyl (C=O) groups is 1. The monoisotopic (exact) mass is 502 g/mol. The number of hydrogen-bond donors (Lipinski definition) is 1. The van der Waals surface area contributed by atoms with Gasteiger partial charge < -0.3 is 14.6 Å². The van der Waals surface area contributed by atoms with Crippen LogP contribution in [-0.4, -0.2) is 57.3 Å². The first-order valence-electron chi connectivity index (χ1n) is 10.7. The molecule has 0 aromatic carbocycles. The highest BCUT2D eigenvalue weighted by atomic mass is 31.2. The second kappa shape index (κ2) is 17.8. The zero-order chi connectivity index (χ0) is 26.1. The largest absolute Gasteiger partial charge is 0.530 e. The Morgan fingerprint density at radius 2 is 1.85 bits per heavy atom. The van der Waals surface area contributed by atoms with E-state index in [9.17, 15) is 22.5 Å². The fourth-order valence-corrected chi connectivity index (χ4v) is 3.50. The Kier molecular flexibility index (Phi) is 18.0. The third-order valence-electron chi connectivity index (χ3n) is 3.63. The van der Waals surface area contributed by atoms with Crippen LogP contribution in [-0.2, 0) is 27.7 Å². The molecule has 0 radical (unpaired) electrons. The molecule has 0 rings (SSSR count). The molecule has 0 aliphatic rings. The molecule has 194 valence electrons. The van der Waals surface area contributed by atoms with Gasteiger partial charge in [-0.25, -0.2) is 4.57 Å². The first kappa shape index (κ1) is 33.5. The molecule has 0 aliphatic carbocycles. The summed E-state index contributed by atoms with van der Waals surface area (Å²) in [5.74, 6) is -1.28. The maximum atomic E-state index is 13.1. The van der Waals surface area contributed by atoms with E-state index in [2.05, 4.69) is 16.9 Å². The van der Waals surface area contributed by atoms with Crippen LogP contribution in [0.15, 0.2) is 29.5 Å². The molecule has 0 fully saturated rings. The average Bonchev–Trinajstić information content (AvgIpc) is 2.72. The first-order chi connectivity index (χ1) is 15.4. The number of nitrogens with one attached hydrogen (secondary N) is 1. The maximum absolute atomic E-state index is 13.1. The summed E-state index contributed by atoms with van der Waals surface area (Å²) < 4.78 is 70.9. The zero-order valence-electron chi connectivity index (χ0n) is 20.5. The predicted octanol–water partition coefficient (Wildman–Crippen LogP) is 5.46. The Morgan fingerprint density at radius 3 is 2.30 bits per heavy atom. The lowest BCUT2D eigenvalue weighted by molar-refractivity contribution is -0.131. The van der Waals surface area contributed by atoms with Crippen LogP contribution in [0, 0.1) is 5.92 Å². The van der Waals surface area contributed by atoms with Gasteiger partial charge in [0.05, 0.1) is 18.9 Å². The smallest absolute Gasteiger partial charge is 0.402 e. The molecule has 0 saturated carbocycles. The van der Waals surface area contributed by atoms with Gasteiger partial charge in [0.25, 0.3) is 0 Å². The van der Waals surface area contributed by atoms with Crippen LogP contribution in [0.2, 0.25) is 0 Å². The van der Waals surface area contributed by atoms with E-state index >= 15 is 0 Å². The van der Waals surface area contributed by atoms with Gasteiger partial charge in [0.2, 0.25) is 5.91 Å². The molecule has 3 atom stereocenters. The second-order valence-electron chi connectivity index (χ2n) is 6.74. The molecular weight excluding hydrogens is 464 g/mol. The minimum Gasteiger partial charge on any atom is -0.402 e. The van der Waals surface area contributed by atoms with E-state index in [0.29, 0.717) is 13.0 Å². The topological polar surface area (TPSA) is 95.5 Å². The number of allylic oxidation sites excluding steroid dienone is 3. The van der Waals surface area contributed by atoms with Crippen molar-refractivity contribution in [1.29, 1.82) is 0 Å². The number of phosphoric acid groups is 1. The van der Waals surface area contributed by atoms with E-state index in [4.69, 9.17) is 18.3 Å². The molecule has 2 unspecified atom stereocenters. The summed E-state index contributed by atoms with van der Waals surface area (Å²) in [6, 6.07) is 0. The number of ether oxygens (including phenoxy) is 1. The number of aliphatic imine (C=N–C) groups is 1. The Morgan fingerprint density at radius 1 is 1.24 bits per heavy atom. The average molecular weight is 503 g/mol. The van der Waals surface area contributed by atoms with Gasteiger partial charge in [-0.15, -0.1) is 0 Å². The van der Waals surface area contributed by atoms with Crippen molar-refractivity contribution in [3.63, 3.8) is 0 Å². The highest BCUT2D eigenvalue weighted by molar-refractivity contribution is 7.48. The molecule has 0 spiro atoms. The lowest BCUT2D eigenvalue weighted by Crippen LogP contribution is -2.40. The van der Waals surface area contributed by atoms with Gasteiger partial charge in [-0.2, -0.15) is 13.2 Å². The third kappa shape index (κ3) is 16.6. The van der Waals surface area contributed by atoms with Crippen LogP contribution >= 0.6 is 7.82 Å². The molecule has 12 heteroatoms. The third-order valence-corrected chi connectivity index (χ3v) is 5.13. The quantitative estimate of drug-likeness (QED) is 0.138. The van der Waals surface area contributed by atoms with Crippen molar-refractivity contribution in [1.82, 2.24) is 5.32 Å². The molecule has 1 amide bonds. The molecule has 0 saturated heterocycles. The summed E-state index contributed by atoms with van der Waals surface area (Å²) in [5.41, 5.74) is 0. The number of phosphoric ester groups is 1. The van der Waals surface area contributed by atoms with Crippen LogP contribution < -0.4 is 5.32 Å². The van der Waals surface area contributed by atoms with Crippen molar-refractivity contribution in [2.24, 2.45) is 10.9 Å². The van der Waals surface area contributed by atoms with Crippen LogP contribution in [0.25, 0.3) is 0 Å². The van der Waals surface area contributed by atoms with Crippen LogP contribution in [0.5, 0.6) is 0 Å². The number of amides is 1. The number of alkyl halides is 3. The summed E-state index contributed by atoms with van der Waals surface area (Å²) >= 11 is 0. The SMILES string of the molecule is C=C/C=C(\C=NCC(F)(F)F)OP(=O)(OCC)O[C@@H](C(=O)NCCC(C)OC)C(C)C.CC. The summed E-state index contributed by atoms with van der Waals surface area (Å²) in [6.07, 6.45) is -2.15. The van der Waals surface area contributed by atoms with E-state index in [0.717, 1.165) is 12.3 Å². The number of methoxy groups -OCH3 is 1. The van der Waals surface area contributed by atoms with Crippen molar-refractivity contribution in [3.05, 3.63) is 24.5 Å². The highest BCUT2D eigenvalue weighted by Crippen LogP contribution is 2.53. The van der Waals surface area contributed by atoms with E-state index in [-0.39, 0.29) is 18.5 Å². The van der Waals surface area contributed by atoms with E-state index < -0.39 is 38.5 Å². The zero-order valence-corrected chi connectivity index (χ0v) is 21.4. The Hall–Kier alpha value is -1.68. The predicted molar refractivity (Wildman–Crippen MR) is 123 cm³/mol. The van der Waals surface area contributed by atoms with Gasteiger partial charge in [-0.3, -0.25) is 18.8 Å². The number of nitrogens with zero attached hydrogens (tertiary/aromatic N) is 1. The molecule has 8 nitrogen and oxygen atoms in total. The number of hydrogen-bond acceptors (Lipinski definition) is 7. The van der Waals surface area contributed by atoms with Gasteiger partial charge >= 0.3 is 14.0 Å². The summed E-state index contributed by atoms with van der Waals surface area (Å²) in [7, 11) is -2.83. The maximum Gasteiger partial charge on any atom is 0.530 e. The molecule has 0 aromatic heterocycles. The Labute approximate surface area is 195 Å². The van der Waals surface area contributed by atoms with Gasteiger partial charge in [0, 0.05) is 13.7 Å². The Balaban J connectivity index is 0. The van der Waals surface area contributed by atoms with Crippen LogP contribution in [0.3, 0.4) is 0 Å². The molecule has 1 N–H and O–H groups in total. The number of rotatable bonds is 15. The lowest BCUT2D eigenvalue weighted by Gasteiger charge is -2.26. The number of carbonyl (C=O) groups excluding carboxylic acids is 1. The van der Waals surface area contributed by atoms with Crippen LogP contribution in [0.1, 0.15) is 48.0 Å². The molecule has 0 aromatic rings. The highest BCUT2D eigenvalue weighted by Gasteiger charge is 2.37. The van der Waals surface area contributed by atoms with Crippen molar-refractivity contribution >= 4 is 19.9 Å². The molecule has 0 aliphatic heterocycles. The standard InChI is InChI=1S/C19H32F3N2O6P.C2H6/c1-7-9-16(12-23-13-19(20,21)22)29-31(26,28-8-2)30-17(14(3)4)18(25)24-11-10-15(5)27-6;1-2/h7,9,12,14-15,17H,1,8,10-11,13H2,2-6H3,(H,24,25);1-2H3/b16-9+,23-12?;/t15?,17-,31?;/m1./s1. The van der Waals surface area contributed by atoms with Gasteiger partial charge in [0.1, 0.15) is 12.3 Å². The van der Waals surface area contributed by atoms with Crippen molar-refractivity contribution in [2.75, 3.05) is 26.8 Å². The molecule has 33 heavy (non-hydrogen) atoms. The Bertz CT molecular complexity index is 669. The molecular formula is C21H38F3N2O6P. The van der Waals surface area contributed by atoms with Crippen molar-refractivity contribution in [3.8, 4) is 0 Å². The first-order valence-corrected chi connectivity index (χ1v) is 12.2. The van der Waals surface area contributed by atoms with Gasteiger partial charge in [0.15, 0.2) is 6.10 Å². The van der Waals surface area contributed by atoms with Crippen molar-refractivity contribution < 1.29 is 40.8 Å². The minimum atomic E-state index is -4.52. The van der Waals surface area contributed by atoms with Crippen molar-refractivity contribution in [2.45, 2.75) is 66.3 Å². The molecule has 0 heterocycles. The van der Waals surface area contributed by atoms with Gasteiger partial charge in [-0.05, 0) is 32.3 Å². The number of halogens is 3. The fraction of sp³-hybridized carbons (Fsp3) is 0.714. The van der Waals surface area contributed by atoms with E-state index in [1.54, 1.807) is 21.0 Å². The molecule has 0 bridgehead atoms. The normalized spacial score (nSPS) is 15.9. The van der Waals surface area contributed by atoms with Gasteiger partial charge in [-0.1, -0.05) is 40.3 Å². The van der Waals surface area contributed by atoms with Crippen LogP contribution in [0.4, 0.5) is 13.2 Å². The minimum absolute atomic E-state index is 0.0702. The summed E-state index contributed by atoms with van der Waals surface area (Å²) in [4.78, 5) is 15.7. The summed E-state index contributed by atoms with van der Waals surface area (Å²) in [5, 5.41) is 2.67. The second-order valence-corrected chi connectivity index (χ2v) is 8.29. The lowest BCUT2D eigenvalue weighted by atomic mass is 10.1. The van der Waals surface area contributed by atoms with E-state index in [1.807, 2.05) is 20.8 Å². The fourth-order valence-electron chi connectivity index (χ4n) is 2.05. The summed E-state index contributed by atoms with van der Waals surface area (Å²) in [6.45, 7) is 12.9. The van der Waals surface area contributed by atoms with E-state index in [1.165, 1.54) is 13.0 Å².